The lowest BCUT2D eigenvalue weighted by Crippen LogP contribution is -2.02. The number of halogens is 4. The van der Waals surface area contributed by atoms with Crippen LogP contribution in [0.1, 0.15) is 15.4 Å². The van der Waals surface area contributed by atoms with E-state index in [1.807, 2.05) is 0 Å². The van der Waals surface area contributed by atoms with Gasteiger partial charge in [-0.25, -0.2) is 9.37 Å². The van der Waals surface area contributed by atoms with Crippen LogP contribution in [-0.2, 0) is 6.18 Å². The Bertz CT molecular complexity index is 591. The third-order valence-corrected chi connectivity index (χ3v) is 3.25. The third kappa shape index (κ3) is 2.40. The lowest BCUT2D eigenvalue weighted by molar-refractivity contribution is -0.137. The van der Waals surface area contributed by atoms with E-state index in [4.69, 9.17) is 0 Å². The summed E-state index contributed by atoms with van der Waals surface area (Å²) in [7, 11) is 0. The zero-order chi connectivity index (χ0) is 13.3. The fourth-order valence-corrected chi connectivity index (χ4v) is 2.09. The molecule has 0 saturated heterocycles. The summed E-state index contributed by atoms with van der Waals surface area (Å²) in [5, 5.41) is -0.989. The van der Waals surface area contributed by atoms with Gasteiger partial charge in [0.1, 0.15) is 5.82 Å². The smallest absolute Gasteiger partial charge is 0.298 e. The number of carbonyl (C=O) groups is 1. The Morgan fingerprint density at radius 2 is 2.00 bits per heavy atom. The van der Waals surface area contributed by atoms with Gasteiger partial charge < -0.3 is 0 Å². The molecule has 0 amide bonds. The van der Waals surface area contributed by atoms with Crippen molar-refractivity contribution in [2.75, 3.05) is 0 Å². The van der Waals surface area contributed by atoms with Crippen molar-refractivity contribution in [2.24, 2.45) is 0 Å². The number of aldehydes is 1. The zero-order valence-corrected chi connectivity index (χ0v) is 9.48. The number of alkyl halides is 3. The highest BCUT2D eigenvalue weighted by Gasteiger charge is 2.34. The molecule has 0 spiro atoms. The number of thiazole rings is 1. The largest absolute Gasteiger partial charge is 0.443 e. The van der Waals surface area contributed by atoms with Gasteiger partial charge in [-0.05, 0) is 17.7 Å². The van der Waals surface area contributed by atoms with Gasteiger partial charge in [0, 0.05) is 6.20 Å². The number of nitrogens with zero attached hydrogens (tertiary/aromatic N) is 1. The summed E-state index contributed by atoms with van der Waals surface area (Å²) < 4.78 is 50.3. The molecule has 0 unspecified atom stereocenters. The van der Waals surface area contributed by atoms with E-state index < -0.39 is 17.0 Å². The summed E-state index contributed by atoms with van der Waals surface area (Å²) in [4.78, 5) is 13.8. The highest BCUT2D eigenvalue weighted by atomic mass is 32.1. The van der Waals surface area contributed by atoms with Crippen LogP contribution in [0.15, 0.2) is 24.4 Å². The second kappa shape index (κ2) is 4.49. The minimum Gasteiger partial charge on any atom is -0.298 e. The second-order valence-electron chi connectivity index (χ2n) is 3.38. The molecule has 1 aromatic carbocycles. The summed E-state index contributed by atoms with van der Waals surface area (Å²) >= 11 is 0.424. The van der Waals surface area contributed by atoms with Crippen molar-refractivity contribution in [3.8, 4) is 10.4 Å². The fourth-order valence-electron chi connectivity index (χ4n) is 1.31. The molecule has 0 fully saturated rings. The zero-order valence-electron chi connectivity index (χ0n) is 8.66. The van der Waals surface area contributed by atoms with E-state index in [1.165, 1.54) is 12.1 Å². The Morgan fingerprint density at radius 3 is 2.50 bits per heavy atom. The molecule has 0 N–H and O–H groups in total. The maximum absolute atomic E-state index is 13.3. The molecule has 18 heavy (non-hydrogen) atoms. The van der Waals surface area contributed by atoms with Gasteiger partial charge in [0.25, 0.3) is 0 Å². The van der Waals surface area contributed by atoms with E-state index in [-0.39, 0.29) is 16.0 Å². The van der Waals surface area contributed by atoms with Gasteiger partial charge in [-0.15, -0.1) is 11.3 Å². The fraction of sp³-hybridized carbons (Fsp3) is 0.0909. The van der Waals surface area contributed by atoms with Gasteiger partial charge in [0.15, 0.2) is 11.3 Å². The average Bonchev–Trinajstić information content (AvgIpc) is 2.77. The van der Waals surface area contributed by atoms with Crippen LogP contribution in [0.2, 0.25) is 0 Å². The van der Waals surface area contributed by atoms with Crippen LogP contribution in [-0.4, -0.2) is 11.3 Å². The van der Waals surface area contributed by atoms with E-state index in [1.54, 1.807) is 0 Å². The molecule has 0 bridgehead atoms. The lowest BCUT2D eigenvalue weighted by atomic mass is 10.1. The minimum atomic E-state index is -4.51. The topological polar surface area (TPSA) is 30.0 Å². The van der Waals surface area contributed by atoms with Gasteiger partial charge in [0.05, 0.1) is 10.4 Å². The number of hydrogen-bond donors (Lipinski definition) is 0. The van der Waals surface area contributed by atoms with Crippen LogP contribution in [0.25, 0.3) is 10.4 Å². The maximum Gasteiger partial charge on any atom is 0.443 e. The molecule has 1 heterocycles. The third-order valence-electron chi connectivity index (χ3n) is 2.16. The number of aromatic nitrogens is 1. The van der Waals surface area contributed by atoms with Gasteiger partial charge in [-0.1, -0.05) is 6.07 Å². The normalized spacial score (nSPS) is 11.6. The van der Waals surface area contributed by atoms with Crippen molar-refractivity contribution in [1.29, 1.82) is 0 Å². The average molecular weight is 275 g/mol. The summed E-state index contributed by atoms with van der Waals surface area (Å²) in [6.45, 7) is 0. The molecule has 94 valence electrons. The Kier molecular flexibility index (Phi) is 3.16. The van der Waals surface area contributed by atoms with Crippen molar-refractivity contribution in [3.63, 3.8) is 0 Å². The van der Waals surface area contributed by atoms with Crippen molar-refractivity contribution >= 4 is 17.6 Å². The molecule has 0 radical (unpaired) electrons. The van der Waals surface area contributed by atoms with Crippen molar-refractivity contribution < 1.29 is 22.4 Å². The minimum absolute atomic E-state index is 0.140. The van der Waals surface area contributed by atoms with E-state index in [0.29, 0.717) is 17.6 Å². The number of rotatable bonds is 2. The molecule has 0 atom stereocenters. The van der Waals surface area contributed by atoms with Crippen molar-refractivity contribution in [2.45, 2.75) is 6.18 Å². The lowest BCUT2D eigenvalue weighted by Gasteiger charge is -2.00. The SMILES string of the molecule is O=Cc1ccc(-c2cnc(C(F)(F)F)s2)cc1F. The van der Waals surface area contributed by atoms with Crippen molar-refractivity contribution in [1.82, 2.24) is 4.98 Å². The monoisotopic (exact) mass is 275 g/mol. The standard InChI is InChI=1S/C11H5F4NOS/c12-8-3-6(1-2-7(8)5-17)9-4-16-10(18-9)11(13,14)15/h1-5H. The molecule has 1 aromatic heterocycles. The molecule has 0 saturated carbocycles. The van der Waals surface area contributed by atoms with Crippen LogP contribution in [0.4, 0.5) is 17.6 Å². The van der Waals surface area contributed by atoms with Crippen LogP contribution in [0, 0.1) is 5.82 Å². The highest BCUT2D eigenvalue weighted by Crippen LogP contribution is 2.36. The Hall–Kier alpha value is -1.76. The molecular formula is C11H5F4NOS. The van der Waals surface area contributed by atoms with E-state index in [0.717, 1.165) is 12.3 Å². The van der Waals surface area contributed by atoms with Gasteiger partial charge in [-0.2, -0.15) is 13.2 Å². The first-order valence-electron chi connectivity index (χ1n) is 4.70. The van der Waals surface area contributed by atoms with Crippen LogP contribution < -0.4 is 0 Å². The van der Waals surface area contributed by atoms with Gasteiger partial charge in [-0.3, -0.25) is 4.79 Å². The molecule has 7 heteroatoms. The summed E-state index contributed by atoms with van der Waals surface area (Å²) in [6.07, 6.45) is -3.14. The second-order valence-corrected chi connectivity index (χ2v) is 4.41. The Labute approximate surface area is 103 Å². The first kappa shape index (κ1) is 12.7. The van der Waals surface area contributed by atoms with Crippen molar-refractivity contribution in [3.05, 3.63) is 40.8 Å². The molecule has 0 aliphatic rings. The predicted octanol–water partition coefficient (Wildman–Crippen LogP) is 3.78. The van der Waals surface area contributed by atoms with E-state index in [2.05, 4.69) is 4.98 Å². The summed E-state index contributed by atoms with van der Waals surface area (Å²) in [6, 6.07) is 3.60. The first-order chi connectivity index (χ1) is 8.41. The molecule has 0 aliphatic carbocycles. The Morgan fingerprint density at radius 1 is 1.28 bits per heavy atom. The molecule has 2 nitrogen and oxygen atoms in total. The number of benzene rings is 1. The maximum atomic E-state index is 13.3. The van der Waals surface area contributed by atoms with Gasteiger partial charge >= 0.3 is 6.18 Å². The quantitative estimate of drug-likeness (QED) is 0.616. The molecule has 2 rings (SSSR count). The first-order valence-corrected chi connectivity index (χ1v) is 5.51. The number of carbonyl (C=O) groups excluding carboxylic acids is 1. The predicted molar refractivity (Wildman–Crippen MR) is 57.9 cm³/mol. The molecule has 0 aliphatic heterocycles. The number of hydrogen-bond acceptors (Lipinski definition) is 3. The summed E-state index contributed by atoms with van der Waals surface area (Å²) in [5.74, 6) is -0.774. The highest BCUT2D eigenvalue weighted by molar-refractivity contribution is 7.15. The van der Waals surface area contributed by atoms with E-state index >= 15 is 0 Å². The van der Waals surface area contributed by atoms with Gasteiger partial charge in [0.2, 0.25) is 0 Å². The van der Waals surface area contributed by atoms with E-state index in [9.17, 15) is 22.4 Å². The van der Waals surface area contributed by atoms with Crippen LogP contribution in [0.3, 0.4) is 0 Å². The van der Waals surface area contributed by atoms with Crippen LogP contribution >= 0.6 is 11.3 Å². The molecule has 2 aromatic rings. The molecular weight excluding hydrogens is 270 g/mol. The Balaban J connectivity index is 2.40. The summed E-state index contributed by atoms with van der Waals surface area (Å²) in [5.41, 5.74) is 0.116. The van der Waals surface area contributed by atoms with Crippen LogP contribution in [0.5, 0.6) is 0 Å².